The van der Waals surface area contributed by atoms with E-state index in [-0.39, 0.29) is 0 Å². The average molecular weight is 224 g/mol. The molecule has 0 saturated heterocycles. The Labute approximate surface area is 101 Å². The lowest BCUT2D eigenvalue weighted by Crippen LogP contribution is -2.40. The van der Waals surface area contributed by atoms with E-state index in [0.717, 1.165) is 18.0 Å². The molecule has 2 rings (SSSR count). The molecule has 2 nitrogen and oxygen atoms in total. The van der Waals surface area contributed by atoms with Crippen LogP contribution in [-0.4, -0.2) is 38.1 Å². The molecule has 1 spiro atoms. The van der Waals surface area contributed by atoms with Crippen LogP contribution in [-0.2, 0) is 0 Å². The number of hydrogen-bond acceptors (Lipinski definition) is 2. The van der Waals surface area contributed by atoms with E-state index in [1.807, 2.05) is 7.05 Å². The van der Waals surface area contributed by atoms with Crippen LogP contribution >= 0.6 is 0 Å². The lowest BCUT2D eigenvalue weighted by Gasteiger charge is -2.40. The van der Waals surface area contributed by atoms with Crippen molar-refractivity contribution in [1.29, 1.82) is 0 Å². The Morgan fingerprint density at radius 1 is 1.12 bits per heavy atom. The van der Waals surface area contributed by atoms with Crippen LogP contribution in [0.15, 0.2) is 0 Å². The van der Waals surface area contributed by atoms with Crippen LogP contribution in [0.25, 0.3) is 0 Å². The molecule has 2 aliphatic carbocycles. The van der Waals surface area contributed by atoms with E-state index in [1.54, 1.807) is 0 Å². The Bertz CT molecular complexity index is 199. The normalized spacial score (nSPS) is 25.7. The average Bonchev–Trinajstić information content (AvgIpc) is 2.75. The van der Waals surface area contributed by atoms with Gasteiger partial charge in [0, 0.05) is 19.1 Å². The van der Waals surface area contributed by atoms with Gasteiger partial charge in [0.25, 0.3) is 0 Å². The zero-order valence-corrected chi connectivity index (χ0v) is 11.1. The molecule has 0 bridgehead atoms. The van der Waals surface area contributed by atoms with Gasteiger partial charge in [-0.2, -0.15) is 0 Å². The zero-order valence-electron chi connectivity index (χ0n) is 11.1. The van der Waals surface area contributed by atoms with Crippen molar-refractivity contribution in [1.82, 2.24) is 10.2 Å². The molecule has 0 radical (unpaired) electrons. The molecule has 1 N–H and O–H groups in total. The van der Waals surface area contributed by atoms with Gasteiger partial charge in [-0.05, 0) is 58.0 Å². The highest BCUT2D eigenvalue weighted by molar-refractivity contribution is 4.91. The van der Waals surface area contributed by atoms with Crippen LogP contribution in [0.5, 0.6) is 0 Å². The number of rotatable bonds is 4. The monoisotopic (exact) mass is 224 g/mol. The number of nitrogens with one attached hydrogen (secondary N) is 1. The van der Waals surface area contributed by atoms with Gasteiger partial charge < -0.3 is 10.2 Å². The molecule has 0 aromatic carbocycles. The van der Waals surface area contributed by atoms with E-state index in [9.17, 15) is 0 Å². The summed E-state index contributed by atoms with van der Waals surface area (Å²) in [6.07, 6.45) is 11.9. The highest BCUT2D eigenvalue weighted by Gasteiger charge is 2.38. The maximum atomic E-state index is 3.24. The van der Waals surface area contributed by atoms with Gasteiger partial charge in [0.15, 0.2) is 0 Å². The molecular weight excluding hydrogens is 196 g/mol. The molecule has 0 amide bonds. The van der Waals surface area contributed by atoms with Gasteiger partial charge in [-0.1, -0.05) is 12.8 Å². The topological polar surface area (TPSA) is 15.3 Å². The van der Waals surface area contributed by atoms with Crippen LogP contribution < -0.4 is 5.32 Å². The highest BCUT2D eigenvalue weighted by atomic mass is 15.1. The Balaban J connectivity index is 1.75. The third-order valence-corrected chi connectivity index (χ3v) is 5.02. The van der Waals surface area contributed by atoms with E-state index in [0.29, 0.717) is 0 Å². The van der Waals surface area contributed by atoms with Crippen molar-refractivity contribution in [2.75, 3.05) is 27.2 Å². The van der Waals surface area contributed by atoms with Crippen molar-refractivity contribution in [3.63, 3.8) is 0 Å². The van der Waals surface area contributed by atoms with E-state index < -0.39 is 0 Å². The summed E-state index contributed by atoms with van der Waals surface area (Å²) >= 11 is 0. The standard InChI is InChI=1S/C14H28N2/c1-15-11-12-16(2)13-5-9-14(10-6-13)7-3-4-8-14/h13,15H,3-12H2,1-2H3. The number of likely N-dealkylation sites (N-methyl/N-ethyl adjacent to an activating group) is 2. The molecule has 0 aromatic heterocycles. The second kappa shape index (κ2) is 5.50. The molecule has 0 atom stereocenters. The van der Waals surface area contributed by atoms with Crippen LogP contribution in [0.3, 0.4) is 0 Å². The van der Waals surface area contributed by atoms with Crippen molar-refractivity contribution in [3.05, 3.63) is 0 Å². The summed E-state index contributed by atoms with van der Waals surface area (Å²) in [6, 6.07) is 0.861. The number of nitrogens with zero attached hydrogens (tertiary/aromatic N) is 1. The smallest absolute Gasteiger partial charge is 0.0107 e. The van der Waals surface area contributed by atoms with Gasteiger partial charge in [-0.15, -0.1) is 0 Å². The summed E-state index contributed by atoms with van der Waals surface area (Å²) in [5.41, 5.74) is 0.792. The first-order valence-corrected chi connectivity index (χ1v) is 7.11. The fourth-order valence-corrected chi connectivity index (χ4v) is 3.75. The predicted octanol–water partition coefficient (Wildman–Crippen LogP) is 2.64. The van der Waals surface area contributed by atoms with Crippen molar-refractivity contribution < 1.29 is 0 Å². The quantitative estimate of drug-likeness (QED) is 0.790. The van der Waals surface area contributed by atoms with Gasteiger partial charge in [0.05, 0.1) is 0 Å². The largest absolute Gasteiger partial charge is 0.318 e. The molecule has 2 aliphatic rings. The summed E-state index contributed by atoms with van der Waals surface area (Å²) in [5.74, 6) is 0. The molecule has 0 heterocycles. The second-order valence-corrected chi connectivity index (χ2v) is 6.02. The van der Waals surface area contributed by atoms with Crippen LogP contribution in [0, 0.1) is 5.41 Å². The Kier molecular flexibility index (Phi) is 4.26. The summed E-state index contributed by atoms with van der Waals surface area (Å²) in [4.78, 5) is 2.57. The Hall–Kier alpha value is -0.0800. The molecule has 2 saturated carbocycles. The summed E-state index contributed by atoms with van der Waals surface area (Å²) in [7, 11) is 4.34. The first-order chi connectivity index (χ1) is 7.76. The van der Waals surface area contributed by atoms with Gasteiger partial charge in [-0.3, -0.25) is 0 Å². The molecule has 2 fully saturated rings. The van der Waals surface area contributed by atoms with Gasteiger partial charge >= 0.3 is 0 Å². The van der Waals surface area contributed by atoms with Crippen molar-refractivity contribution >= 4 is 0 Å². The van der Waals surface area contributed by atoms with E-state index in [1.165, 1.54) is 57.9 Å². The van der Waals surface area contributed by atoms with Gasteiger partial charge in [0.1, 0.15) is 0 Å². The minimum Gasteiger partial charge on any atom is -0.318 e. The van der Waals surface area contributed by atoms with Gasteiger partial charge in [0.2, 0.25) is 0 Å². The van der Waals surface area contributed by atoms with Crippen LogP contribution in [0.1, 0.15) is 51.4 Å². The molecule has 0 aromatic rings. The molecule has 94 valence electrons. The summed E-state index contributed by atoms with van der Waals surface area (Å²) < 4.78 is 0. The first-order valence-electron chi connectivity index (χ1n) is 7.11. The molecule has 0 unspecified atom stereocenters. The van der Waals surface area contributed by atoms with Crippen molar-refractivity contribution in [2.24, 2.45) is 5.41 Å². The third kappa shape index (κ3) is 2.78. The highest BCUT2D eigenvalue weighted by Crippen LogP contribution is 2.49. The van der Waals surface area contributed by atoms with Crippen LogP contribution in [0.4, 0.5) is 0 Å². The third-order valence-electron chi connectivity index (χ3n) is 5.02. The molecule has 2 heteroatoms. The number of hydrogen-bond donors (Lipinski definition) is 1. The summed E-state index contributed by atoms with van der Waals surface area (Å²) in [5, 5.41) is 3.24. The Morgan fingerprint density at radius 2 is 1.75 bits per heavy atom. The predicted molar refractivity (Wildman–Crippen MR) is 69.7 cm³/mol. The SMILES string of the molecule is CNCCN(C)C1CCC2(CCCC2)CC1. The van der Waals surface area contributed by atoms with Crippen LogP contribution in [0.2, 0.25) is 0 Å². The fraction of sp³-hybridized carbons (Fsp3) is 1.00. The summed E-state index contributed by atoms with van der Waals surface area (Å²) in [6.45, 7) is 2.33. The zero-order chi connectivity index (χ0) is 11.4. The maximum Gasteiger partial charge on any atom is 0.0107 e. The van der Waals surface area contributed by atoms with Crippen molar-refractivity contribution in [2.45, 2.75) is 57.4 Å². The molecule has 16 heavy (non-hydrogen) atoms. The minimum atomic E-state index is 0.792. The molecular formula is C14H28N2. The Morgan fingerprint density at radius 3 is 2.31 bits per heavy atom. The van der Waals surface area contributed by atoms with E-state index in [2.05, 4.69) is 17.3 Å². The lowest BCUT2D eigenvalue weighted by molar-refractivity contribution is 0.108. The molecule has 0 aliphatic heterocycles. The minimum absolute atomic E-state index is 0.792. The van der Waals surface area contributed by atoms with E-state index in [4.69, 9.17) is 0 Å². The second-order valence-electron chi connectivity index (χ2n) is 6.02. The maximum absolute atomic E-state index is 3.24. The van der Waals surface area contributed by atoms with Crippen molar-refractivity contribution in [3.8, 4) is 0 Å². The lowest BCUT2D eigenvalue weighted by atomic mass is 9.71. The fourth-order valence-electron chi connectivity index (χ4n) is 3.75. The first kappa shape index (κ1) is 12.4. The van der Waals surface area contributed by atoms with E-state index >= 15 is 0 Å². The van der Waals surface area contributed by atoms with Gasteiger partial charge in [-0.25, -0.2) is 0 Å².